The van der Waals surface area contributed by atoms with Crippen LogP contribution >= 0.6 is 22.9 Å². The van der Waals surface area contributed by atoms with E-state index in [9.17, 15) is 4.79 Å². The van der Waals surface area contributed by atoms with Gasteiger partial charge in [-0.05, 0) is 38.8 Å². The molecule has 1 fully saturated rings. The topological polar surface area (TPSA) is 53.9 Å². The fourth-order valence-corrected chi connectivity index (χ4v) is 3.85. The van der Waals surface area contributed by atoms with Crippen LogP contribution < -0.4 is 5.32 Å². The number of carbonyl (C=O) groups excluding carboxylic acids is 1. The molecule has 0 aromatic carbocycles. The minimum absolute atomic E-state index is 0.0253. The fourth-order valence-electron chi connectivity index (χ4n) is 2.77. The van der Waals surface area contributed by atoms with Gasteiger partial charge in [0, 0.05) is 37.5 Å². The van der Waals surface area contributed by atoms with Gasteiger partial charge in [-0.15, -0.1) is 11.3 Å². The molecule has 0 aliphatic carbocycles. The van der Waals surface area contributed by atoms with Crippen molar-refractivity contribution in [3.05, 3.63) is 21.3 Å². The van der Waals surface area contributed by atoms with Crippen molar-refractivity contribution >= 4 is 34.9 Å². The normalized spacial score (nSPS) is 16.3. The first-order valence-corrected chi connectivity index (χ1v) is 9.77. The van der Waals surface area contributed by atoms with Crippen molar-refractivity contribution in [2.75, 3.05) is 32.8 Å². The van der Waals surface area contributed by atoms with E-state index >= 15 is 0 Å². The van der Waals surface area contributed by atoms with Gasteiger partial charge in [0.15, 0.2) is 5.96 Å². The summed E-state index contributed by atoms with van der Waals surface area (Å²) in [6.45, 7) is 7.61. The number of likely N-dealkylation sites (tertiary alicyclic amines) is 1. The number of hydrogen-bond donors (Lipinski definition) is 1. The molecule has 0 atom stereocenters. The third-order valence-electron chi connectivity index (χ3n) is 4.00. The van der Waals surface area contributed by atoms with Crippen LogP contribution in [0.15, 0.2) is 17.1 Å². The predicted octanol–water partition coefficient (Wildman–Crippen LogP) is 3.18. The zero-order valence-corrected chi connectivity index (χ0v) is 16.0. The van der Waals surface area contributed by atoms with Crippen molar-refractivity contribution in [1.29, 1.82) is 0 Å². The van der Waals surface area contributed by atoms with Crippen molar-refractivity contribution in [3.8, 4) is 0 Å². The number of nitrogens with zero attached hydrogens (tertiary/aromatic N) is 2. The Morgan fingerprint density at radius 2 is 2.17 bits per heavy atom. The van der Waals surface area contributed by atoms with E-state index in [1.807, 2.05) is 13.0 Å². The molecule has 0 saturated carbocycles. The maximum absolute atomic E-state index is 11.8. The van der Waals surface area contributed by atoms with Gasteiger partial charge in [0.1, 0.15) is 0 Å². The van der Waals surface area contributed by atoms with E-state index in [2.05, 4.69) is 23.2 Å². The maximum atomic E-state index is 11.8. The molecule has 1 N–H and O–H groups in total. The minimum atomic E-state index is -0.0614. The summed E-state index contributed by atoms with van der Waals surface area (Å²) < 4.78 is 5.95. The second kappa shape index (κ2) is 9.89. The molecule has 1 saturated heterocycles. The summed E-state index contributed by atoms with van der Waals surface area (Å²) in [7, 11) is 0. The van der Waals surface area contributed by atoms with Crippen LogP contribution in [0.1, 0.15) is 31.6 Å². The number of esters is 1. The standard InChI is InChI=1S/C17H26ClN3O2S/c1-3-19-17(20-10-7-14-5-6-15(18)24-14)21-11-8-13(9-12-21)16(22)23-4-2/h5-6,13H,3-4,7-12H2,1-2H3,(H,19,20). The van der Waals surface area contributed by atoms with E-state index in [0.717, 1.165) is 55.7 Å². The monoisotopic (exact) mass is 371 g/mol. The van der Waals surface area contributed by atoms with Crippen LogP contribution in [-0.4, -0.2) is 49.6 Å². The Hall–Kier alpha value is -1.27. The molecule has 2 heterocycles. The third kappa shape index (κ3) is 5.67. The van der Waals surface area contributed by atoms with Crippen LogP contribution in [0.2, 0.25) is 4.34 Å². The molecule has 2 rings (SSSR count). The number of carbonyl (C=O) groups is 1. The highest BCUT2D eigenvalue weighted by molar-refractivity contribution is 7.16. The average molecular weight is 372 g/mol. The van der Waals surface area contributed by atoms with Gasteiger partial charge in [0.2, 0.25) is 0 Å². The molecule has 0 amide bonds. The third-order valence-corrected chi connectivity index (χ3v) is 5.29. The molecule has 1 aliphatic heterocycles. The molecule has 1 aliphatic rings. The second-order valence-electron chi connectivity index (χ2n) is 5.70. The van der Waals surface area contributed by atoms with E-state index < -0.39 is 0 Å². The first-order valence-electron chi connectivity index (χ1n) is 8.58. The van der Waals surface area contributed by atoms with Crippen LogP contribution in [0.3, 0.4) is 0 Å². The second-order valence-corrected chi connectivity index (χ2v) is 7.50. The quantitative estimate of drug-likeness (QED) is 0.474. The van der Waals surface area contributed by atoms with Crippen molar-refractivity contribution in [1.82, 2.24) is 10.2 Å². The lowest BCUT2D eigenvalue weighted by Gasteiger charge is -2.33. The number of aliphatic imine (C=N–C) groups is 1. The Morgan fingerprint density at radius 3 is 2.75 bits per heavy atom. The zero-order chi connectivity index (χ0) is 17.4. The number of halogens is 1. The number of hydrogen-bond acceptors (Lipinski definition) is 4. The van der Waals surface area contributed by atoms with Crippen LogP contribution in [0, 0.1) is 5.92 Å². The number of rotatable bonds is 6. The molecule has 0 spiro atoms. The molecule has 24 heavy (non-hydrogen) atoms. The highest BCUT2D eigenvalue weighted by Crippen LogP contribution is 2.22. The van der Waals surface area contributed by atoms with Crippen molar-refractivity contribution < 1.29 is 9.53 Å². The van der Waals surface area contributed by atoms with E-state index in [1.54, 1.807) is 11.3 Å². The molecular weight excluding hydrogens is 346 g/mol. The molecule has 0 unspecified atom stereocenters. The van der Waals surface area contributed by atoms with Gasteiger partial charge in [-0.2, -0.15) is 0 Å². The minimum Gasteiger partial charge on any atom is -0.466 e. The SMILES string of the molecule is CCNC(=NCCc1ccc(Cl)s1)N1CCC(C(=O)OCC)CC1. The fraction of sp³-hybridized carbons (Fsp3) is 0.647. The molecule has 134 valence electrons. The number of ether oxygens (including phenoxy) is 1. The molecule has 0 bridgehead atoms. The Kier molecular flexibility index (Phi) is 7.85. The van der Waals surface area contributed by atoms with Crippen LogP contribution in [0.4, 0.5) is 0 Å². The lowest BCUT2D eigenvalue weighted by atomic mass is 9.97. The number of piperidine rings is 1. The van der Waals surface area contributed by atoms with Crippen LogP contribution in [-0.2, 0) is 16.0 Å². The lowest BCUT2D eigenvalue weighted by Crippen LogP contribution is -2.46. The largest absolute Gasteiger partial charge is 0.466 e. The first-order chi connectivity index (χ1) is 11.6. The Morgan fingerprint density at radius 1 is 1.42 bits per heavy atom. The summed E-state index contributed by atoms with van der Waals surface area (Å²) in [5, 5.41) is 3.35. The Balaban J connectivity index is 1.86. The number of guanidine groups is 1. The van der Waals surface area contributed by atoms with Gasteiger partial charge in [0.25, 0.3) is 0 Å². The highest BCUT2D eigenvalue weighted by Gasteiger charge is 2.27. The van der Waals surface area contributed by atoms with E-state index in [-0.39, 0.29) is 11.9 Å². The summed E-state index contributed by atoms with van der Waals surface area (Å²) in [5.74, 6) is 0.897. The van der Waals surface area contributed by atoms with E-state index in [4.69, 9.17) is 21.3 Å². The maximum Gasteiger partial charge on any atom is 0.309 e. The van der Waals surface area contributed by atoms with Crippen LogP contribution in [0.25, 0.3) is 0 Å². The smallest absolute Gasteiger partial charge is 0.309 e. The van der Waals surface area contributed by atoms with E-state index in [1.165, 1.54) is 4.88 Å². The summed E-state index contributed by atoms with van der Waals surface area (Å²) in [4.78, 5) is 20.0. The summed E-state index contributed by atoms with van der Waals surface area (Å²) in [6, 6.07) is 3.98. The summed E-state index contributed by atoms with van der Waals surface area (Å²) in [5.41, 5.74) is 0. The molecular formula is C17H26ClN3O2S. The summed E-state index contributed by atoms with van der Waals surface area (Å²) >= 11 is 7.57. The van der Waals surface area contributed by atoms with Crippen molar-refractivity contribution in [2.45, 2.75) is 33.1 Å². The highest BCUT2D eigenvalue weighted by atomic mass is 35.5. The van der Waals surface area contributed by atoms with Crippen molar-refractivity contribution in [2.24, 2.45) is 10.9 Å². The molecule has 1 aromatic heterocycles. The molecule has 7 heteroatoms. The molecule has 1 aromatic rings. The zero-order valence-electron chi connectivity index (χ0n) is 14.4. The van der Waals surface area contributed by atoms with E-state index in [0.29, 0.717) is 6.61 Å². The van der Waals surface area contributed by atoms with Gasteiger partial charge in [0.05, 0.1) is 16.9 Å². The predicted molar refractivity (Wildman–Crippen MR) is 99.9 cm³/mol. The van der Waals surface area contributed by atoms with Gasteiger partial charge < -0.3 is 15.0 Å². The Labute approximate surface area is 153 Å². The molecule has 0 radical (unpaired) electrons. The number of nitrogens with one attached hydrogen (secondary N) is 1. The van der Waals surface area contributed by atoms with Crippen molar-refractivity contribution in [3.63, 3.8) is 0 Å². The lowest BCUT2D eigenvalue weighted by molar-refractivity contribution is -0.149. The first kappa shape index (κ1) is 19.1. The average Bonchev–Trinajstić information content (AvgIpc) is 3.00. The van der Waals surface area contributed by atoms with Gasteiger partial charge in [-0.25, -0.2) is 0 Å². The van der Waals surface area contributed by atoms with Gasteiger partial charge in [-0.3, -0.25) is 9.79 Å². The molecule has 5 nitrogen and oxygen atoms in total. The Bertz CT molecular complexity index is 554. The van der Waals surface area contributed by atoms with Gasteiger partial charge in [-0.1, -0.05) is 11.6 Å². The number of thiophene rings is 1. The summed E-state index contributed by atoms with van der Waals surface area (Å²) in [6.07, 6.45) is 2.54. The van der Waals surface area contributed by atoms with Crippen LogP contribution in [0.5, 0.6) is 0 Å². The van der Waals surface area contributed by atoms with Gasteiger partial charge >= 0.3 is 5.97 Å².